The maximum Gasteiger partial charge on any atom is 0.220 e. The third-order valence-electron chi connectivity index (χ3n) is 12.4. The fraction of sp³-hybridized carbons (Fsp3) is 0.0556. The zero-order valence-electron chi connectivity index (χ0n) is 39.5. The van der Waals surface area contributed by atoms with Gasteiger partial charge < -0.3 is 0 Å². The number of Topliss-reactive ketones (excluding diaryl/α,β-unsaturated/α-hetero) is 1. The third kappa shape index (κ3) is 9.76. The molecule has 0 aliphatic carbocycles. The normalized spacial score (nSPS) is 11.6. The highest BCUT2D eigenvalue weighted by Gasteiger charge is 2.52. The van der Waals surface area contributed by atoms with E-state index in [1.54, 1.807) is 18.3 Å². The van der Waals surface area contributed by atoms with Crippen molar-refractivity contribution in [3.8, 4) is 20.9 Å². The van der Waals surface area contributed by atoms with Crippen molar-refractivity contribution in [1.29, 1.82) is 0 Å². The largest absolute Gasteiger partial charge is 0.294 e. The van der Waals surface area contributed by atoms with E-state index in [2.05, 4.69) is 98.8 Å². The molecule has 0 aliphatic rings. The molecule has 0 spiro atoms. The number of ketones is 1. The second kappa shape index (κ2) is 22.0. The predicted octanol–water partition coefficient (Wildman–Crippen LogP) is 14.9. The fourth-order valence-electron chi connectivity index (χ4n) is 8.66. The summed E-state index contributed by atoms with van der Waals surface area (Å²) in [6, 6.07) is 35.1. The molecule has 0 bridgehead atoms. The summed E-state index contributed by atoms with van der Waals surface area (Å²) in [6.07, 6.45) is -7.22. The van der Waals surface area contributed by atoms with Crippen LogP contribution in [0.1, 0.15) is 27.7 Å². The van der Waals surface area contributed by atoms with Crippen molar-refractivity contribution in [1.82, 2.24) is 0 Å². The quantitative estimate of drug-likeness (QED) is 0.0333. The van der Waals surface area contributed by atoms with E-state index in [0.717, 1.165) is 15.3 Å². The van der Waals surface area contributed by atoms with Crippen LogP contribution in [0.15, 0.2) is 111 Å². The highest BCUT2D eigenvalue weighted by Crippen LogP contribution is 2.40. The molecule has 0 aliphatic heterocycles. The molecule has 0 amide bonds. The van der Waals surface area contributed by atoms with Crippen molar-refractivity contribution in [2.24, 2.45) is 0 Å². The lowest BCUT2D eigenvalue weighted by Crippen LogP contribution is -2.81. The molecule has 0 N–H and O–H groups in total. The van der Waals surface area contributed by atoms with Gasteiger partial charge in [-0.2, -0.15) is 0 Å². The topological polar surface area (TPSA) is 17.1 Å². The van der Waals surface area contributed by atoms with Gasteiger partial charge in [-0.1, -0.05) is 71.0 Å². The lowest BCUT2D eigenvalue weighted by atomic mass is 9.12. The molecule has 0 unspecified atom stereocenters. The number of carbonyl (C=O) groups is 1. The summed E-state index contributed by atoms with van der Waals surface area (Å²) in [5.74, 6) is -71.3. The zero-order chi connectivity index (χ0) is 58.0. The first-order chi connectivity index (χ1) is 37.2. The van der Waals surface area contributed by atoms with Crippen molar-refractivity contribution >= 4 is 67.3 Å². The Morgan fingerprint density at radius 2 is 0.582 bits per heavy atom. The number of aryl methyl sites for hydroxylation is 2. The van der Waals surface area contributed by atoms with Gasteiger partial charge in [-0.25, -0.2) is 87.8 Å². The molecule has 0 radical (unpaired) electrons. The summed E-state index contributed by atoms with van der Waals surface area (Å²) in [6.45, 7) is 5.89. The number of halogens is 20. The summed E-state index contributed by atoms with van der Waals surface area (Å²) in [7, 11) is -0.132. The van der Waals surface area contributed by atoms with E-state index < -0.39 is 144 Å². The molecule has 1 nitrogen and oxygen atoms in total. The van der Waals surface area contributed by atoms with Crippen LogP contribution in [0.2, 0.25) is 0 Å². The summed E-state index contributed by atoms with van der Waals surface area (Å²) >= 11 is 3.43. The Bertz CT molecular complexity index is 3470. The number of carbonyl (C=O) groups excluding carboxylic acids is 1. The monoisotopic (exact) mass is 1180 g/mol. The second-order valence-electron chi connectivity index (χ2n) is 17.1. The maximum absolute atomic E-state index is 15.4. The molecule has 25 heteroatoms. The Hall–Kier alpha value is -7.38. The summed E-state index contributed by atoms with van der Waals surface area (Å²) in [4.78, 5) is 17.5. The molecule has 0 atom stereocenters. The van der Waals surface area contributed by atoms with Crippen LogP contribution in [0.4, 0.5) is 87.8 Å². The van der Waals surface area contributed by atoms with Gasteiger partial charge in [-0.3, -0.25) is 4.79 Å². The smallest absolute Gasteiger partial charge is 0.220 e. The Morgan fingerprint density at radius 1 is 0.329 bits per heavy atom. The van der Waals surface area contributed by atoms with E-state index >= 15 is 35.1 Å². The molecule has 2 heterocycles. The molecule has 79 heavy (non-hydrogen) atoms. The van der Waals surface area contributed by atoms with Crippen LogP contribution >= 0.6 is 22.7 Å². The first kappa shape index (κ1) is 57.8. The molecule has 0 fully saturated rings. The van der Waals surface area contributed by atoms with Gasteiger partial charge in [0.05, 0.1) is 4.88 Å². The van der Waals surface area contributed by atoms with E-state index in [-0.39, 0.29) is 16.7 Å². The van der Waals surface area contributed by atoms with Gasteiger partial charge in [0.15, 0.2) is 85.4 Å². The lowest BCUT2D eigenvalue weighted by Gasteiger charge is -2.44. The fourth-order valence-corrected chi connectivity index (χ4v) is 13.2. The highest BCUT2D eigenvalue weighted by molar-refractivity contribution is 7.99. The summed E-state index contributed by atoms with van der Waals surface area (Å²) in [5, 5.41) is 0. The molecule has 9 rings (SSSR count). The molecule has 0 saturated carbocycles. The van der Waals surface area contributed by atoms with Crippen molar-refractivity contribution in [2.75, 3.05) is 0 Å². The van der Waals surface area contributed by atoms with E-state index in [1.165, 1.54) is 35.6 Å². The van der Waals surface area contributed by atoms with E-state index in [4.69, 9.17) is 0 Å². The van der Waals surface area contributed by atoms with Crippen LogP contribution in [-0.2, 0) is 10.9 Å². The van der Waals surface area contributed by atoms with Crippen LogP contribution in [0.5, 0.6) is 0 Å². The summed E-state index contributed by atoms with van der Waals surface area (Å²) < 4.78 is 295. The van der Waals surface area contributed by atoms with Gasteiger partial charge in [0.2, 0.25) is 4.21 Å². The van der Waals surface area contributed by atoms with Crippen molar-refractivity contribution in [3.63, 3.8) is 0 Å². The minimum atomic E-state index is -7.22. The zero-order valence-corrected chi connectivity index (χ0v) is 42.0. The van der Waals surface area contributed by atoms with Crippen LogP contribution in [0.25, 0.3) is 20.9 Å². The molecular weight excluding hydrogens is 1150 g/mol. The number of hydrogen-bond acceptors (Lipinski definition) is 3. The standard InChI is InChI=1S/C30H25OS3.C24BF20/c1-20-4-12-25(13-5-20)34(26-14-6-21(2)7-15-26)30-19-18-29(33-30)24-10-8-23(9-11-24)28-17-16-27(32-28)22(3)31;26-5-1(6(27)14(35)21(42)13(5)34)25(2-7(28)15(36)22(43)16(37)8(2)29,3-9(30)17(38)23(44)18(39)10(3)31)4-11(32)19(40)24(45)20(41)12(4)33/h4-19H,1-3H3;/q+1;-1. The van der Waals surface area contributed by atoms with Crippen LogP contribution in [0.3, 0.4) is 0 Å². The Morgan fingerprint density at radius 3 is 0.848 bits per heavy atom. The molecule has 408 valence electrons. The average molecular weight is 1180 g/mol. The third-order valence-corrected chi connectivity index (χ3v) is 17.3. The van der Waals surface area contributed by atoms with Gasteiger partial charge in [-0.15, -0.1) is 33.2 Å². The Kier molecular flexibility index (Phi) is 16.1. The summed E-state index contributed by atoms with van der Waals surface area (Å²) in [5.41, 5.74) is -9.39. The SMILES string of the molecule is CC(=O)c1ccc(-c2ccc(-c3ccc([S+](c4ccc(C)cc4)c4ccc(C)cc4)s3)cc2)s1.Fc1c(F)c(F)c([B-](c2c(F)c(F)c(F)c(F)c2F)(c2c(F)c(F)c(F)c(F)c2F)c2c(F)c(F)c(F)c(F)c2F)c(F)c1F. The van der Waals surface area contributed by atoms with Crippen molar-refractivity contribution in [3.05, 3.63) is 229 Å². The number of thiophene rings is 2. The van der Waals surface area contributed by atoms with Crippen LogP contribution in [0, 0.1) is 130 Å². The Labute approximate surface area is 443 Å². The van der Waals surface area contributed by atoms with Crippen molar-refractivity contribution < 1.29 is 92.6 Å². The minimum absolute atomic E-state index is 0.122. The van der Waals surface area contributed by atoms with Gasteiger partial charge in [0.25, 0.3) is 0 Å². The van der Waals surface area contributed by atoms with Gasteiger partial charge >= 0.3 is 0 Å². The molecule has 7 aromatic carbocycles. The number of hydrogen-bond donors (Lipinski definition) is 0. The second-order valence-corrected chi connectivity index (χ2v) is 21.6. The van der Waals surface area contributed by atoms with E-state index in [0.29, 0.717) is 0 Å². The minimum Gasteiger partial charge on any atom is -0.294 e. The number of benzene rings is 7. The van der Waals surface area contributed by atoms with Gasteiger partial charge in [-0.05, 0) is 74.4 Å². The molecule has 0 saturated heterocycles. The van der Waals surface area contributed by atoms with Crippen LogP contribution < -0.4 is 21.9 Å². The molecule has 2 aromatic heterocycles. The number of rotatable bonds is 10. The first-order valence-electron chi connectivity index (χ1n) is 22.1. The van der Waals surface area contributed by atoms with Gasteiger partial charge in [0, 0.05) is 15.8 Å². The van der Waals surface area contributed by atoms with Crippen LogP contribution in [-0.4, -0.2) is 11.9 Å². The van der Waals surface area contributed by atoms with Crippen molar-refractivity contribution in [2.45, 2.75) is 34.8 Å². The first-order valence-corrected chi connectivity index (χ1v) is 25.0. The maximum atomic E-state index is 15.4. The molecular formula is C54H25BF20OS3. The van der Waals surface area contributed by atoms with Gasteiger partial charge in [0.1, 0.15) is 63.6 Å². The Balaban J connectivity index is 0.000000216. The van der Waals surface area contributed by atoms with E-state index in [9.17, 15) is 57.5 Å². The lowest BCUT2D eigenvalue weighted by molar-refractivity contribution is 0.102. The highest BCUT2D eigenvalue weighted by atomic mass is 32.2. The van der Waals surface area contributed by atoms with E-state index in [1.807, 2.05) is 23.5 Å². The average Bonchev–Trinajstić information content (AvgIpc) is 3.64. The predicted molar refractivity (Wildman–Crippen MR) is 257 cm³/mol. The molecule has 9 aromatic rings.